The Hall–Kier alpha value is -2.28. The average Bonchev–Trinajstić information content (AvgIpc) is 2.75. The lowest BCUT2D eigenvalue weighted by atomic mass is 10.1. The molecule has 0 amide bonds. The molecular weight excluding hydrogens is 236 g/mol. The normalized spacial score (nSPS) is 10.4. The van der Waals surface area contributed by atoms with Crippen molar-refractivity contribution >= 4 is 22.7 Å². The van der Waals surface area contributed by atoms with Crippen LogP contribution >= 0.6 is 0 Å². The summed E-state index contributed by atoms with van der Waals surface area (Å²) in [6.45, 7) is 4.21. The molecule has 0 saturated carbocycles. The van der Waals surface area contributed by atoms with Crippen LogP contribution in [-0.4, -0.2) is 9.55 Å². The zero-order valence-electron chi connectivity index (χ0n) is 11.3. The van der Waals surface area contributed by atoms with Crippen molar-refractivity contribution in [3.63, 3.8) is 0 Å². The van der Waals surface area contributed by atoms with Gasteiger partial charge in [-0.1, -0.05) is 26.0 Å². The Morgan fingerprint density at radius 2 is 2.00 bits per heavy atom. The van der Waals surface area contributed by atoms with Crippen molar-refractivity contribution in [2.75, 3.05) is 5.73 Å². The van der Waals surface area contributed by atoms with E-state index in [0.717, 1.165) is 29.6 Å². The van der Waals surface area contributed by atoms with Crippen LogP contribution in [0.1, 0.15) is 33.1 Å². The number of anilines is 1. The minimum absolute atomic E-state index is 0.349. The highest BCUT2D eigenvalue weighted by Crippen LogP contribution is 2.28. The number of nitrogen functional groups attached to an aromatic ring is 1. The van der Waals surface area contributed by atoms with Gasteiger partial charge < -0.3 is 5.73 Å². The van der Waals surface area contributed by atoms with Gasteiger partial charge in [-0.3, -0.25) is 4.57 Å². The minimum atomic E-state index is 0.349. The van der Waals surface area contributed by atoms with Gasteiger partial charge in [0.1, 0.15) is 0 Å². The molecule has 0 bridgehead atoms. The number of nitrogens with two attached hydrogens (primary N) is 1. The van der Waals surface area contributed by atoms with Crippen molar-refractivity contribution < 1.29 is 0 Å². The lowest BCUT2D eigenvalue weighted by Crippen LogP contribution is -2.05. The third-order valence-electron chi connectivity index (χ3n) is 3.36. The number of hydrogen-bond acceptors (Lipinski definition) is 3. The maximum atomic E-state index is 9.08. The van der Waals surface area contributed by atoms with Crippen LogP contribution in [0.4, 0.5) is 5.95 Å². The van der Waals surface area contributed by atoms with E-state index in [-0.39, 0.29) is 0 Å². The van der Waals surface area contributed by atoms with Crippen molar-refractivity contribution in [2.45, 2.75) is 33.1 Å². The Kier molecular flexibility index (Phi) is 3.86. The second-order valence-electron chi connectivity index (χ2n) is 4.39. The molecule has 1 aromatic heterocycles. The number of para-hydroxylation sites is 2. The average molecular weight is 254 g/mol. The zero-order chi connectivity index (χ0) is 13.8. The molecule has 1 aromatic carbocycles. The Balaban J connectivity index is 2.73. The summed E-state index contributed by atoms with van der Waals surface area (Å²) in [6, 6.07) is 10.1. The summed E-state index contributed by atoms with van der Waals surface area (Å²) in [5.74, 6) is 0.450. The van der Waals surface area contributed by atoms with E-state index in [2.05, 4.69) is 24.9 Å². The fraction of sp³-hybridized carbons (Fsp3) is 0.333. The molecule has 1 heterocycles. The first-order valence-corrected chi connectivity index (χ1v) is 6.54. The maximum absolute atomic E-state index is 9.08. The van der Waals surface area contributed by atoms with Crippen molar-refractivity contribution in [1.29, 1.82) is 5.26 Å². The molecule has 0 spiro atoms. The van der Waals surface area contributed by atoms with Crippen molar-refractivity contribution in [2.24, 2.45) is 0 Å². The van der Waals surface area contributed by atoms with Crippen LogP contribution in [0.2, 0.25) is 0 Å². The van der Waals surface area contributed by atoms with Crippen LogP contribution in [0.3, 0.4) is 0 Å². The minimum Gasteiger partial charge on any atom is -0.369 e. The number of fused-ring (bicyclic) bond motifs is 1. The van der Waals surface area contributed by atoms with Crippen LogP contribution in [-0.2, 0) is 0 Å². The molecule has 19 heavy (non-hydrogen) atoms. The maximum Gasteiger partial charge on any atom is 0.205 e. The second kappa shape index (κ2) is 5.57. The molecule has 0 unspecified atom stereocenters. The number of nitrogens with zero attached hydrogens (tertiary/aromatic N) is 3. The van der Waals surface area contributed by atoms with E-state index in [4.69, 9.17) is 11.0 Å². The van der Waals surface area contributed by atoms with Crippen molar-refractivity contribution in [3.8, 4) is 6.07 Å². The first kappa shape index (κ1) is 13.2. The molecule has 4 heteroatoms. The van der Waals surface area contributed by atoms with Crippen LogP contribution < -0.4 is 5.73 Å². The highest BCUT2D eigenvalue weighted by atomic mass is 15.2. The van der Waals surface area contributed by atoms with Gasteiger partial charge in [-0.15, -0.1) is 0 Å². The molecule has 98 valence electrons. The summed E-state index contributed by atoms with van der Waals surface area (Å²) in [7, 11) is 0. The molecule has 4 nitrogen and oxygen atoms in total. The van der Waals surface area contributed by atoms with Gasteiger partial charge in [-0.05, 0) is 30.5 Å². The largest absolute Gasteiger partial charge is 0.369 e. The summed E-state index contributed by atoms with van der Waals surface area (Å²) < 4.78 is 1.92. The number of benzene rings is 1. The fourth-order valence-electron chi connectivity index (χ4n) is 2.42. The molecular formula is C15H18N4. The van der Waals surface area contributed by atoms with Gasteiger partial charge >= 0.3 is 0 Å². The number of hydrogen-bond donors (Lipinski definition) is 1. The van der Waals surface area contributed by atoms with E-state index in [0.29, 0.717) is 12.4 Å². The summed E-state index contributed by atoms with van der Waals surface area (Å²) >= 11 is 0. The predicted octanol–water partition coefficient (Wildman–Crippen LogP) is 3.56. The molecule has 2 aromatic rings. The Morgan fingerprint density at radius 3 is 2.63 bits per heavy atom. The molecule has 2 rings (SSSR count). The molecule has 0 fully saturated rings. The molecule has 0 atom stereocenters. The highest BCUT2D eigenvalue weighted by Gasteiger charge is 2.14. The quantitative estimate of drug-likeness (QED) is 0.907. The highest BCUT2D eigenvalue weighted by molar-refractivity contribution is 5.83. The van der Waals surface area contributed by atoms with E-state index < -0.39 is 0 Å². The van der Waals surface area contributed by atoms with E-state index in [1.807, 2.05) is 28.8 Å². The SMILES string of the molecule is CCC(CC)=C(CC#N)n1c(N)nc2ccccc21. The van der Waals surface area contributed by atoms with Gasteiger partial charge in [-0.25, -0.2) is 4.98 Å². The zero-order valence-corrected chi connectivity index (χ0v) is 11.3. The van der Waals surface area contributed by atoms with Gasteiger partial charge in [-0.2, -0.15) is 5.26 Å². The smallest absolute Gasteiger partial charge is 0.205 e. The molecule has 2 N–H and O–H groups in total. The lowest BCUT2D eigenvalue weighted by Gasteiger charge is -2.14. The number of allylic oxidation sites excluding steroid dienone is 2. The number of nitriles is 1. The van der Waals surface area contributed by atoms with E-state index in [9.17, 15) is 0 Å². The predicted molar refractivity (Wildman–Crippen MR) is 78.2 cm³/mol. The Bertz CT molecular complexity index is 652. The molecule has 0 saturated heterocycles. The van der Waals surface area contributed by atoms with Gasteiger partial charge in [0, 0.05) is 5.70 Å². The third kappa shape index (κ3) is 2.32. The second-order valence-corrected chi connectivity index (χ2v) is 4.39. The first-order chi connectivity index (χ1) is 9.22. The summed E-state index contributed by atoms with van der Waals surface area (Å²) in [4.78, 5) is 4.36. The van der Waals surface area contributed by atoms with Gasteiger partial charge in [0.15, 0.2) is 0 Å². The molecule has 0 radical (unpaired) electrons. The molecule has 0 aliphatic heterocycles. The van der Waals surface area contributed by atoms with E-state index >= 15 is 0 Å². The standard InChI is InChI=1S/C15H18N4/c1-3-11(4-2)13(9-10-16)19-14-8-6-5-7-12(14)18-15(19)17/h5-8H,3-4,9H2,1-2H3,(H2,17,18). The molecule has 0 aliphatic rings. The van der Waals surface area contributed by atoms with Crippen LogP contribution in [0.5, 0.6) is 0 Å². The summed E-state index contributed by atoms with van der Waals surface area (Å²) in [5, 5.41) is 9.08. The van der Waals surface area contributed by atoms with Gasteiger partial charge in [0.05, 0.1) is 23.5 Å². The number of aromatic nitrogens is 2. The van der Waals surface area contributed by atoms with Crippen molar-refractivity contribution in [1.82, 2.24) is 9.55 Å². The van der Waals surface area contributed by atoms with Crippen LogP contribution in [0.15, 0.2) is 29.8 Å². The third-order valence-corrected chi connectivity index (χ3v) is 3.36. The monoisotopic (exact) mass is 254 g/mol. The van der Waals surface area contributed by atoms with Gasteiger partial charge in [0.2, 0.25) is 5.95 Å². The lowest BCUT2D eigenvalue weighted by molar-refractivity contribution is 0.935. The Morgan fingerprint density at radius 1 is 1.32 bits per heavy atom. The van der Waals surface area contributed by atoms with Crippen LogP contribution in [0, 0.1) is 11.3 Å². The fourth-order valence-corrected chi connectivity index (χ4v) is 2.42. The number of rotatable bonds is 4. The van der Waals surface area contributed by atoms with Crippen LogP contribution in [0.25, 0.3) is 16.7 Å². The van der Waals surface area contributed by atoms with Crippen molar-refractivity contribution in [3.05, 3.63) is 29.8 Å². The van der Waals surface area contributed by atoms with E-state index in [1.165, 1.54) is 5.57 Å². The van der Waals surface area contributed by atoms with E-state index in [1.54, 1.807) is 0 Å². The summed E-state index contributed by atoms with van der Waals surface area (Å²) in [5.41, 5.74) is 10.1. The topological polar surface area (TPSA) is 67.6 Å². The number of imidazole rings is 1. The first-order valence-electron chi connectivity index (χ1n) is 6.54. The Labute approximate surface area is 113 Å². The van der Waals surface area contributed by atoms with Gasteiger partial charge in [0.25, 0.3) is 0 Å². The summed E-state index contributed by atoms with van der Waals surface area (Å²) in [6.07, 6.45) is 2.18. The molecule has 0 aliphatic carbocycles.